The maximum Gasteiger partial charge on any atom is 0.161 e. The van der Waals surface area contributed by atoms with Crippen LogP contribution in [-0.2, 0) is 0 Å². The highest BCUT2D eigenvalue weighted by molar-refractivity contribution is 6.37. The van der Waals surface area contributed by atoms with Gasteiger partial charge in [-0.2, -0.15) is 0 Å². The molecule has 0 aliphatic rings. The molecule has 0 aliphatic carbocycles. The summed E-state index contributed by atoms with van der Waals surface area (Å²) in [6, 6.07) is 28.1. The first-order valence-electron chi connectivity index (χ1n) is 15.3. The highest BCUT2D eigenvalue weighted by atomic mass is 16.3. The predicted octanol–water partition coefficient (Wildman–Crippen LogP) is 9.76. The van der Waals surface area contributed by atoms with Gasteiger partial charge in [-0.25, -0.2) is 9.97 Å². The van der Waals surface area contributed by atoms with E-state index in [1.165, 1.54) is 0 Å². The van der Waals surface area contributed by atoms with Crippen LogP contribution in [0.3, 0.4) is 0 Å². The van der Waals surface area contributed by atoms with Gasteiger partial charge in [-0.1, -0.05) is 96.9 Å². The van der Waals surface area contributed by atoms with Gasteiger partial charge >= 0.3 is 0 Å². The number of nitrogens with zero attached hydrogens (tertiary/aromatic N) is 2. The molecule has 0 atom stereocenters. The molecule has 2 heterocycles. The van der Waals surface area contributed by atoms with E-state index in [4.69, 9.17) is 21.2 Å². The zero-order valence-electron chi connectivity index (χ0n) is 25.5. The Bertz CT molecular complexity index is 2650. The van der Waals surface area contributed by atoms with Crippen molar-refractivity contribution in [2.75, 3.05) is 0 Å². The van der Waals surface area contributed by atoms with Crippen LogP contribution in [0, 0.1) is 0 Å². The van der Waals surface area contributed by atoms with Crippen LogP contribution in [0.1, 0.15) is 6.85 Å². The van der Waals surface area contributed by atoms with Gasteiger partial charge in [-0.05, 0) is 56.6 Å². The van der Waals surface area contributed by atoms with E-state index < -0.39 is 18.1 Å². The number of rotatable bonds is 2. The van der Waals surface area contributed by atoms with E-state index in [0.29, 0.717) is 22.4 Å². The summed E-state index contributed by atoms with van der Waals surface area (Å²) < 4.78 is 48.4. The molecule has 0 N–H and O–H groups in total. The largest absolute Gasteiger partial charge is 0.456 e. The van der Waals surface area contributed by atoms with Crippen molar-refractivity contribution in [1.82, 2.24) is 9.97 Å². The lowest BCUT2D eigenvalue weighted by Crippen LogP contribution is -1.96. The van der Waals surface area contributed by atoms with Crippen molar-refractivity contribution >= 4 is 65.2 Å². The predicted molar refractivity (Wildman–Crippen MR) is 161 cm³/mol. The highest BCUT2D eigenvalue weighted by Gasteiger charge is 2.21. The second-order valence-corrected chi connectivity index (χ2v) is 9.76. The van der Waals surface area contributed by atoms with Crippen LogP contribution in [-0.4, -0.2) is 9.97 Å². The van der Waals surface area contributed by atoms with E-state index in [9.17, 15) is 0 Å². The summed E-state index contributed by atoms with van der Waals surface area (Å²) in [5.41, 5.74) is 3.44. The van der Waals surface area contributed by atoms with Crippen molar-refractivity contribution < 1.29 is 11.3 Å². The molecule has 9 aromatic rings. The summed E-state index contributed by atoms with van der Waals surface area (Å²) in [7, 11) is 0. The first-order valence-corrected chi connectivity index (χ1v) is 12.8. The van der Waals surface area contributed by atoms with Crippen molar-refractivity contribution in [1.29, 1.82) is 0 Å². The maximum absolute atomic E-state index is 8.71. The third-order valence-electron chi connectivity index (χ3n) is 7.71. The molecule has 39 heavy (non-hydrogen) atoms. The fourth-order valence-electron chi connectivity index (χ4n) is 6.12. The fraction of sp³-hybridized carbons (Fsp3) is 0. The first kappa shape index (κ1) is 16.5. The Balaban J connectivity index is 1.46. The summed E-state index contributed by atoms with van der Waals surface area (Å²) in [5.74, 6) is 0.410. The average molecular weight is 502 g/mol. The minimum Gasteiger partial charge on any atom is -0.456 e. The Kier molecular flexibility index (Phi) is 3.23. The van der Waals surface area contributed by atoms with E-state index in [1.54, 1.807) is 0 Å². The van der Waals surface area contributed by atoms with Gasteiger partial charge < -0.3 is 4.42 Å². The van der Waals surface area contributed by atoms with Gasteiger partial charge in [0.25, 0.3) is 0 Å². The van der Waals surface area contributed by atoms with E-state index >= 15 is 0 Å². The van der Waals surface area contributed by atoms with Crippen LogP contribution in [0.25, 0.3) is 87.8 Å². The standard InChI is InChI=1S/C36H20N2O/c1-2-10-21(11-3-1)35-25-14-6-7-17-29(25)37-36(38-35)28-20-27-24-15-8-18-30-33(24)34-26(16-9-19-31(34)39-30)32(27)23-13-5-4-12-22(23)28/h1-20H/i1D,2D,3D,10D,11D. The number of furan rings is 1. The molecule has 0 saturated carbocycles. The Morgan fingerprint density at radius 1 is 0.538 bits per heavy atom. The molecule has 0 aliphatic heterocycles. The van der Waals surface area contributed by atoms with Crippen LogP contribution in [0.2, 0.25) is 0 Å². The third-order valence-corrected chi connectivity index (χ3v) is 7.71. The zero-order valence-corrected chi connectivity index (χ0v) is 20.5. The van der Waals surface area contributed by atoms with Crippen LogP contribution >= 0.6 is 0 Å². The molecular weight excluding hydrogens is 476 g/mol. The minimum atomic E-state index is -0.439. The second kappa shape index (κ2) is 7.62. The lowest BCUT2D eigenvalue weighted by molar-refractivity contribution is 0.669. The van der Waals surface area contributed by atoms with Gasteiger partial charge in [-0.3, -0.25) is 0 Å². The maximum atomic E-state index is 8.71. The smallest absolute Gasteiger partial charge is 0.161 e. The minimum absolute atomic E-state index is 0.0533. The molecule has 180 valence electrons. The Labute approximate surface area is 230 Å². The molecule has 9 rings (SSSR count). The van der Waals surface area contributed by atoms with Crippen LogP contribution in [0.15, 0.2) is 126 Å². The molecule has 0 bridgehead atoms. The summed E-state index contributed by atoms with van der Waals surface area (Å²) in [6.07, 6.45) is 0. The van der Waals surface area contributed by atoms with Crippen molar-refractivity contribution in [3.05, 3.63) is 121 Å². The average Bonchev–Trinajstić information content (AvgIpc) is 3.45. The Morgan fingerprint density at radius 2 is 1.18 bits per heavy atom. The van der Waals surface area contributed by atoms with E-state index in [-0.39, 0.29) is 17.6 Å². The van der Waals surface area contributed by atoms with Gasteiger partial charge in [0, 0.05) is 27.3 Å². The van der Waals surface area contributed by atoms with Crippen LogP contribution < -0.4 is 0 Å². The van der Waals surface area contributed by atoms with Crippen LogP contribution in [0.5, 0.6) is 0 Å². The molecule has 0 fully saturated rings. The molecule has 2 aromatic heterocycles. The van der Waals surface area contributed by atoms with E-state index in [1.807, 2.05) is 60.7 Å². The van der Waals surface area contributed by atoms with E-state index in [2.05, 4.69) is 30.3 Å². The molecular formula is C36H20N2O. The Morgan fingerprint density at radius 3 is 2.00 bits per heavy atom. The zero-order chi connectivity index (χ0) is 29.9. The molecule has 7 aromatic carbocycles. The summed E-state index contributed by atoms with van der Waals surface area (Å²) in [5, 5.41) is 9.10. The van der Waals surface area contributed by atoms with Crippen molar-refractivity contribution in [3.63, 3.8) is 0 Å². The van der Waals surface area contributed by atoms with Crippen LogP contribution in [0.4, 0.5) is 0 Å². The van der Waals surface area contributed by atoms with Crippen molar-refractivity contribution in [2.24, 2.45) is 0 Å². The molecule has 3 nitrogen and oxygen atoms in total. The van der Waals surface area contributed by atoms with Gasteiger partial charge in [0.05, 0.1) is 18.1 Å². The lowest BCUT2D eigenvalue weighted by Gasteiger charge is -2.15. The number of para-hydroxylation sites is 1. The molecule has 0 radical (unpaired) electrons. The molecule has 0 spiro atoms. The van der Waals surface area contributed by atoms with Crippen molar-refractivity contribution in [2.45, 2.75) is 0 Å². The van der Waals surface area contributed by atoms with Gasteiger partial charge in [0.2, 0.25) is 0 Å². The second-order valence-electron chi connectivity index (χ2n) is 9.76. The molecule has 0 amide bonds. The molecule has 0 unspecified atom stereocenters. The monoisotopic (exact) mass is 501 g/mol. The number of aromatic nitrogens is 2. The fourth-order valence-corrected chi connectivity index (χ4v) is 6.12. The summed E-state index contributed by atoms with van der Waals surface area (Å²) >= 11 is 0. The lowest BCUT2D eigenvalue weighted by atomic mass is 9.89. The Hall–Kier alpha value is -5.28. The SMILES string of the molecule is [2H]c1c([2H])c([2H])c(-c2nc(-c3cc4c5cccc6oc7cccc(c4c4ccccc34)c7c65)nc3ccccc23)c([2H])c1[2H]. The quantitative estimate of drug-likeness (QED) is 0.221. The normalized spacial score (nSPS) is 13.9. The number of hydrogen-bond acceptors (Lipinski definition) is 3. The van der Waals surface area contributed by atoms with Gasteiger partial charge in [0.1, 0.15) is 11.2 Å². The first-order chi connectivity index (χ1) is 21.4. The number of benzene rings is 7. The molecule has 3 heteroatoms. The topological polar surface area (TPSA) is 38.9 Å². The van der Waals surface area contributed by atoms with E-state index in [0.717, 1.165) is 59.8 Å². The number of fused-ring (bicyclic) bond motifs is 6. The number of hydrogen-bond donors (Lipinski definition) is 0. The third kappa shape index (κ3) is 2.82. The highest BCUT2D eigenvalue weighted by Crippen LogP contribution is 2.46. The van der Waals surface area contributed by atoms with Crippen molar-refractivity contribution in [3.8, 4) is 22.6 Å². The summed E-state index contributed by atoms with van der Waals surface area (Å²) in [6.45, 7) is 0. The summed E-state index contributed by atoms with van der Waals surface area (Å²) in [4.78, 5) is 9.99. The molecule has 0 saturated heterocycles. The van der Waals surface area contributed by atoms with Gasteiger partial charge in [0.15, 0.2) is 5.82 Å². The van der Waals surface area contributed by atoms with Gasteiger partial charge in [-0.15, -0.1) is 0 Å².